The number of rotatable bonds is 4. The molecular formula is C14H19NO3S. The summed E-state index contributed by atoms with van der Waals surface area (Å²) in [6.45, 7) is 0. The fraction of sp³-hybridized carbons (Fsp3) is 0.571. The maximum absolute atomic E-state index is 12.2. The normalized spacial score (nSPS) is 24.1. The van der Waals surface area contributed by atoms with E-state index in [1.165, 1.54) is 6.26 Å². The Hall–Kier alpha value is -1.23. The van der Waals surface area contributed by atoms with Gasteiger partial charge in [0, 0.05) is 30.5 Å². The second-order valence-corrected chi connectivity index (χ2v) is 7.60. The van der Waals surface area contributed by atoms with Crippen LogP contribution in [-0.4, -0.2) is 30.7 Å². The van der Waals surface area contributed by atoms with Crippen LogP contribution in [0, 0.1) is 5.92 Å². The summed E-state index contributed by atoms with van der Waals surface area (Å²) in [5.41, 5.74) is 0.758. The predicted octanol–water partition coefficient (Wildman–Crippen LogP) is 1.80. The molecule has 19 heavy (non-hydrogen) atoms. The molecule has 104 valence electrons. The van der Waals surface area contributed by atoms with E-state index < -0.39 is 9.84 Å². The molecule has 1 aromatic rings. The van der Waals surface area contributed by atoms with Crippen molar-refractivity contribution in [3.05, 3.63) is 30.1 Å². The molecule has 0 amide bonds. The minimum absolute atomic E-state index is 0.118. The second-order valence-electron chi connectivity index (χ2n) is 5.28. The van der Waals surface area contributed by atoms with Gasteiger partial charge in [0.25, 0.3) is 0 Å². The molecule has 0 bridgehead atoms. The van der Waals surface area contributed by atoms with Crippen molar-refractivity contribution in [2.45, 2.75) is 37.4 Å². The van der Waals surface area contributed by atoms with Crippen LogP contribution in [0.15, 0.2) is 24.4 Å². The first-order chi connectivity index (χ1) is 8.97. The van der Waals surface area contributed by atoms with Crippen LogP contribution in [0.4, 0.5) is 0 Å². The Kier molecular flexibility index (Phi) is 4.34. The van der Waals surface area contributed by atoms with Crippen LogP contribution in [0.1, 0.15) is 31.4 Å². The first-order valence-corrected chi connectivity index (χ1v) is 8.54. The van der Waals surface area contributed by atoms with E-state index in [0.29, 0.717) is 19.3 Å². The molecule has 0 saturated heterocycles. The lowest BCUT2D eigenvalue weighted by Gasteiger charge is -2.26. The van der Waals surface area contributed by atoms with Gasteiger partial charge in [0.15, 0.2) is 0 Å². The molecule has 1 aliphatic rings. The molecule has 4 nitrogen and oxygen atoms in total. The Bertz CT molecular complexity index is 539. The number of carbonyl (C=O) groups excluding carboxylic acids is 1. The Balaban J connectivity index is 2.00. The number of hydrogen-bond acceptors (Lipinski definition) is 4. The zero-order chi connectivity index (χ0) is 13.9. The summed E-state index contributed by atoms with van der Waals surface area (Å²) in [6.07, 6.45) is 6.03. The number of ketones is 1. The van der Waals surface area contributed by atoms with Crippen LogP contribution >= 0.6 is 0 Å². The van der Waals surface area contributed by atoms with Crippen molar-refractivity contribution in [2.24, 2.45) is 5.92 Å². The first-order valence-electron chi connectivity index (χ1n) is 6.58. The molecule has 1 heterocycles. The highest BCUT2D eigenvalue weighted by Crippen LogP contribution is 2.29. The summed E-state index contributed by atoms with van der Waals surface area (Å²) in [6, 6.07) is 5.50. The third-order valence-corrected chi connectivity index (χ3v) is 5.41. The summed E-state index contributed by atoms with van der Waals surface area (Å²) in [7, 11) is -3.03. The molecule has 0 N–H and O–H groups in total. The van der Waals surface area contributed by atoms with Gasteiger partial charge in [0.2, 0.25) is 0 Å². The Morgan fingerprint density at radius 2 is 2.16 bits per heavy atom. The summed E-state index contributed by atoms with van der Waals surface area (Å²) in [5, 5.41) is -0.348. The highest BCUT2D eigenvalue weighted by Gasteiger charge is 2.32. The van der Waals surface area contributed by atoms with Crippen LogP contribution < -0.4 is 0 Å². The van der Waals surface area contributed by atoms with Gasteiger partial charge in [-0.25, -0.2) is 8.42 Å². The van der Waals surface area contributed by atoms with E-state index in [1.807, 2.05) is 18.2 Å². The van der Waals surface area contributed by atoms with Crippen LogP contribution in [0.2, 0.25) is 0 Å². The van der Waals surface area contributed by atoms with Gasteiger partial charge >= 0.3 is 0 Å². The summed E-state index contributed by atoms with van der Waals surface area (Å²) in [5.74, 6) is -0.0115. The lowest BCUT2D eigenvalue weighted by molar-refractivity contribution is -0.123. The average molecular weight is 281 g/mol. The molecule has 1 aromatic heterocycles. The first kappa shape index (κ1) is 14.2. The minimum atomic E-state index is -3.03. The smallest absolute Gasteiger partial charge is 0.150 e. The molecule has 1 saturated carbocycles. The third kappa shape index (κ3) is 3.86. The topological polar surface area (TPSA) is 64.1 Å². The molecule has 0 radical (unpaired) electrons. The molecule has 2 atom stereocenters. The van der Waals surface area contributed by atoms with Crippen LogP contribution in [0.25, 0.3) is 0 Å². The number of carbonyl (C=O) groups is 1. The van der Waals surface area contributed by atoms with Gasteiger partial charge in [-0.2, -0.15) is 0 Å². The lowest BCUT2D eigenvalue weighted by Crippen LogP contribution is -2.31. The van der Waals surface area contributed by atoms with E-state index in [4.69, 9.17) is 0 Å². The van der Waals surface area contributed by atoms with Crippen molar-refractivity contribution in [3.8, 4) is 0 Å². The summed E-state index contributed by atoms with van der Waals surface area (Å²) >= 11 is 0. The van der Waals surface area contributed by atoms with Crippen LogP contribution in [0.3, 0.4) is 0 Å². The van der Waals surface area contributed by atoms with E-state index in [9.17, 15) is 13.2 Å². The van der Waals surface area contributed by atoms with Crippen molar-refractivity contribution in [1.29, 1.82) is 0 Å². The zero-order valence-corrected chi connectivity index (χ0v) is 11.9. The zero-order valence-electron chi connectivity index (χ0n) is 11.1. The summed E-state index contributed by atoms with van der Waals surface area (Å²) < 4.78 is 23.2. The van der Waals surface area contributed by atoms with E-state index in [1.54, 1.807) is 6.20 Å². The third-order valence-electron chi connectivity index (χ3n) is 3.77. The van der Waals surface area contributed by atoms with Crippen molar-refractivity contribution in [3.63, 3.8) is 0 Å². The molecule has 1 aliphatic carbocycles. The fourth-order valence-corrected chi connectivity index (χ4v) is 3.83. The summed E-state index contributed by atoms with van der Waals surface area (Å²) in [4.78, 5) is 16.3. The molecule has 0 spiro atoms. The number of nitrogens with zero attached hydrogens (tertiary/aromatic N) is 1. The van der Waals surface area contributed by atoms with Crippen molar-refractivity contribution in [1.82, 2.24) is 4.98 Å². The molecule has 5 heteroatoms. The van der Waals surface area contributed by atoms with Crippen LogP contribution in [-0.2, 0) is 21.1 Å². The molecular weight excluding hydrogens is 262 g/mol. The molecule has 2 rings (SSSR count). The molecule has 1 fully saturated rings. The monoisotopic (exact) mass is 281 g/mol. The molecule has 0 aromatic carbocycles. The van der Waals surface area contributed by atoms with Gasteiger partial charge in [0.1, 0.15) is 15.6 Å². The van der Waals surface area contributed by atoms with E-state index in [0.717, 1.165) is 18.5 Å². The maximum atomic E-state index is 12.2. The lowest BCUT2D eigenvalue weighted by atomic mass is 9.84. The Morgan fingerprint density at radius 3 is 2.79 bits per heavy atom. The van der Waals surface area contributed by atoms with E-state index in [-0.39, 0.29) is 17.0 Å². The van der Waals surface area contributed by atoms with Crippen molar-refractivity contribution < 1.29 is 13.2 Å². The standard InChI is InChI=1S/C14H19NO3S/c1-19(17,18)13-7-4-5-11(9-13)14(16)10-12-6-2-3-8-15-12/h2-3,6,8,11,13H,4-5,7,9-10H2,1H3. The number of hydrogen-bond donors (Lipinski definition) is 0. The average Bonchev–Trinajstić information content (AvgIpc) is 2.39. The molecule has 0 aliphatic heterocycles. The van der Waals surface area contributed by atoms with Crippen molar-refractivity contribution in [2.75, 3.05) is 6.26 Å². The highest BCUT2D eigenvalue weighted by molar-refractivity contribution is 7.91. The minimum Gasteiger partial charge on any atom is -0.299 e. The largest absolute Gasteiger partial charge is 0.299 e. The van der Waals surface area contributed by atoms with E-state index in [2.05, 4.69) is 4.98 Å². The Labute approximate surface area is 114 Å². The van der Waals surface area contributed by atoms with Gasteiger partial charge in [-0.15, -0.1) is 0 Å². The molecule has 2 unspecified atom stereocenters. The SMILES string of the molecule is CS(=O)(=O)C1CCCC(C(=O)Cc2ccccn2)C1. The fourth-order valence-electron chi connectivity index (χ4n) is 2.65. The Morgan fingerprint density at radius 1 is 1.37 bits per heavy atom. The van der Waals surface area contributed by atoms with Gasteiger partial charge in [-0.05, 0) is 31.4 Å². The van der Waals surface area contributed by atoms with Gasteiger partial charge in [-0.3, -0.25) is 9.78 Å². The predicted molar refractivity (Wildman–Crippen MR) is 73.5 cm³/mol. The second kappa shape index (κ2) is 5.82. The van der Waals surface area contributed by atoms with Gasteiger partial charge in [0.05, 0.1) is 5.25 Å². The number of sulfone groups is 1. The van der Waals surface area contributed by atoms with Gasteiger partial charge < -0.3 is 0 Å². The number of aromatic nitrogens is 1. The quantitative estimate of drug-likeness (QED) is 0.844. The number of pyridine rings is 1. The van der Waals surface area contributed by atoms with E-state index >= 15 is 0 Å². The van der Waals surface area contributed by atoms with Crippen LogP contribution in [0.5, 0.6) is 0 Å². The number of Topliss-reactive ketones (excluding diaryl/α,β-unsaturated/α-hetero) is 1. The highest BCUT2D eigenvalue weighted by atomic mass is 32.2. The van der Waals surface area contributed by atoms with Gasteiger partial charge in [-0.1, -0.05) is 12.5 Å². The maximum Gasteiger partial charge on any atom is 0.150 e. The van der Waals surface area contributed by atoms with Crippen molar-refractivity contribution >= 4 is 15.6 Å².